The minimum Gasteiger partial charge on any atom is -0.363 e. The average Bonchev–Trinajstić information content (AvgIpc) is 2.13. The van der Waals surface area contributed by atoms with Gasteiger partial charge in [0, 0.05) is 20.1 Å². The fourth-order valence-electron chi connectivity index (χ4n) is 0.690. The summed E-state index contributed by atoms with van der Waals surface area (Å²) in [4.78, 5) is 12.9. The van der Waals surface area contributed by atoms with Crippen molar-refractivity contribution in [1.82, 2.24) is 15.5 Å². The molecule has 0 fully saturated rings. The number of rotatable bonds is 4. The smallest absolute Gasteiger partial charge is 0.241 e. The molecular weight excluding hydrogens is 186 g/mol. The third-order valence-corrected chi connectivity index (χ3v) is 1.93. The van der Waals surface area contributed by atoms with Gasteiger partial charge in [0.15, 0.2) is 5.11 Å². The quantitative estimate of drug-likeness (QED) is 0.629. The maximum absolute atomic E-state index is 11.3. The summed E-state index contributed by atoms with van der Waals surface area (Å²) in [5.41, 5.74) is 0. The maximum Gasteiger partial charge on any atom is 0.241 e. The van der Waals surface area contributed by atoms with Crippen LogP contribution in [0.4, 0.5) is 0 Å². The molecule has 0 aromatic carbocycles. The van der Waals surface area contributed by atoms with E-state index in [2.05, 4.69) is 10.6 Å². The van der Waals surface area contributed by atoms with E-state index in [4.69, 9.17) is 12.2 Å². The van der Waals surface area contributed by atoms with E-state index in [1.165, 1.54) is 0 Å². The molecule has 1 amide bonds. The first-order valence-corrected chi connectivity index (χ1v) is 4.78. The van der Waals surface area contributed by atoms with Crippen LogP contribution < -0.4 is 10.6 Å². The van der Waals surface area contributed by atoms with Crippen LogP contribution in [0.1, 0.15) is 13.8 Å². The zero-order valence-electron chi connectivity index (χ0n) is 8.39. The van der Waals surface area contributed by atoms with Crippen molar-refractivity contribution < 1.29 is 4.79 Å². The molecule has 0 heterocycles. The Kier molecular flexibility index (Phi) is 6.22. The summed E-state index contributed by atoms with van der Waals surface area (Å²) in [6.45, 7) is 5.63. The van der Waals surface area contributed by atoms with Crippen molar-refractivity contribution in [3.63, 3.8) is 0 Å². The third-order valence-electron chi connectivity index (χ3n) is 1.64. The Morgan fingerprint density at radius 1 is 1.38 bits per heavy atom. The first kappa shape index (κ1) is 12.2. The molecule has 0 spiro atoms. The molecule has 0 aromatic heterocycles. The molecule has 0 aromatic rings. The van der Waals surface area contributed by atoms with Gasteiger partial charge in [0.2, 0.25) is 5.91 Å². The van der Waals surface area contributed by atoms with E-state index in [9.17, 15) is 4.79 Å². The summed E-state index contributed by atoms with van der Waals surface area (Å²) >= 11 is 4.90. The van der Waals surface area contributed by atoms with Gasteiger partial charge in [-0.15, -0.1) is 0 Å². The lowest BCUT2D eigenvalue weighted by Crippen LogP contribution is -2.42. The highest BCUT2D eigenvalue weighted by atomic mass is 32.1. The molecule has 76 valence electrons. The highest BCUT2D eigenvalue weighted by Gasteiger charge is 2.05. The Hall–Kier alpha value is -0.840. The van der Waals surface area contributed by atoms with E-state index in [1.54, 1.807) is 11.9 Å². The normalized spacial score (nSPS) is 9.15. The lowest BCUT2D eigenvalue weighted by Gasteiger charge is -2.15. The lowest BCUT2D eigenvalue weighted by atomic mass is 10.5. The van der Waals surface area contributed by atoms with Crippen molar-refractivity contribution in [3.8, 4) is 0 Å². The van der Waals surface area contributed by atoms with E-state index in [-0.39, 0.29) is 12.5 Å². The molecule has 5 heteroatoms. The van der Waals surface area contributed by atoms with Gasteiger partial charge in [-0.3, -0.25) is 4.79 Å². The lowest BCUT2D eigenvalue weighted by molar-refractivity contribution is -0.128. The molecule has 2 N–H and O–H groups in total. The fourth-order valence-corrected chi connectivity index (χ4v) is 0.907. The first-order chi connectivity index (χ1) is 6.11. The number of nitrogens with one attached hydrogen (secondary N) is 2. The zero-order chi connectivity index (χ0) is 10.3. The Morgan fingerprint density at radius 3 is 2.46 bits per heavy atom. The largest absolute Gasteiger partial charge is 0.363 e. The van der Waals surface area contributed by atoms with E-state index < -0.39 is 0 Å². The van der Waals surface area contributed by atoms with Crippen molar-refractivity contribution >= 4 is 23.2 Å². The summed E-state index contributed by atoms with van der Waals surface area (Å²) < 4.78 is 0. The standard InChI is InChI=1S/C8H17N3OS/c1-4-9-8(13)10-6-7(12)11(3)5-2/h4-6H2,1-3H3,(H2,9,10,13). The van der Waals surface area contributed by atoms with Crippen LogP contribution in [0.2, 0.25) is 0 Å². The van der Waals surface area contributed by atoms with Gasteiger partial charge in [0.25, 0.3) is 0 Å². The van der Waals surface area contributed by atoms with Gasteiger partial charge < -0.3 is 15.5 Å². The summed E-state index contributed by atoms with van der Waals surface area (Å²) in [5.74, 6) is 0.0442. The molecule has 4 nitrogen and oxygen atoms in total. The van der Waals surface area contributed by atoms with Gasteiger partial charge in [-0.1, -0.05) is 0 Å². The number of thiocarbonyl (C=S) groups is 1. The van der Waals surface area contributed by atoms with Crippen molar-refractivity contribution in [3.05, 3.63) is 0 Å². The van der Waals surface area contributed by atoms with E-state index in [0.29, 0.717) is 11.7 Å². The Morgan fingerprint density at radius 2 is 2.00 bits per heavy atom. The first-order valence-electron chi connectivity index (χ1n) is 4.37. The second-order valence-electron chi connectivity index (χ2n) is 2.62. The minimum atomic E-state index is 0.0442. The molecule has 0 aliphatic rings. The Labute approximate surface area is 84.7 Å². The van der Waals surface area contributed by atoms with E-state index >= 15 is 0 Å². The topological polar surface area (TPSA) is 44.4 Å². The van der Waals surface area contributed by atoms with Crippen LogP contribution in [-0.2, 0) is 4.79 Å². The molecule has 0 saturated carbocycles. The molecule has 0 rings (SSSR count). The number of carbonyl (C=O) groups is 1. The number of amides is 1. The average molecular weight is 203 g/mol. The molecule has 0 aliphatic carbocycles. The second-order valence-corrected chi connectivity index (χ2v) is 3.03. The summed E-state index contributed by atoms with van der Waals surface area (Å²) in [5, 5.41) is 6.26. The van der Waals surface area contributed by atoms with Crippen LogP contribution in [0.25, 0.3) is 0 Å². The van der Waals surface area contributed by atoms with Gasteiger partial charge >= 0.3 is 0 Å². The highest BCUT2D eigenvalue weighted by molar-refractivity contribution is 7.80. The number of nitrogens with zero attached hydrogens (tertiary/aromatic N) is 1. The summed E-state index contributed by atoms with van der Waals surface area (Å²) in [6, 6.07) is 0. The van der Waals surface area contributed by atoms with Gasteiger partial charge in [0.1, 0.15) is 0 Å². The number of hydrogen-bond acceptors (Lipinski definition) is 2. The van der Waals surface area contributed by atoms with E-state index in [1.807, 2.05) is 13.8 Å². The fraction of sp³-hybridized carbons (Fsp3) is 0.750. The monoisotopic (exact) mass is 203 g/mol. The maximum atomic E-state index is 11.3. The van der Waals surface area contributed by atoms with Crippen LogP contribution in [0, 0.1) is 0 Å². The minimum absolute atomic E-state index is 0.0442. The van der Waals surface area contributed by atoms with Crippen LogP contribution in [-0.4, -0.2) is 42.6 Å². The molecule has 0 unspecified atom stereocenters. The second kappa shape index (κ2) is 6.65. The number of carbonyl (C=O) groups excluding carboxylic acids is 1. The number of likely N-dealkylation sites (N-methyl/N-ethyl adjacent to an activating group) is 1. The number of hydrogen-bond donors (Lipinski definition) is 2. The molecule has 0 aliphatic heterocycles. The SMILES string of the molecule is CCNC(=S)NCC(=O)N(C)CC. The van der Waals surface area contributed by atoms with Crippen molar-refractivity contribution in [2.24, 2.45) is 0 Å². The molecule has 0 atom stereocenters. The Bertz CT molecular complexity index is 184. The van der Waals surface area contributed by atoms with Gasteiger partial charge in [-0.2, -0.15) is 0 Å². The van der Waals surface area contributed by atoms with Crippen LogP contribution >= 0.6 is 12.2 Å². The molecule has 0 bridgehead atoms. The molecule has 0 saturated heterocycles. The van der Waals surface area contributed by atoms with Crippen LogP contribution in [0.3, 0.4) is 0 Å². The Balaban J connectivity index is 3.63. The van der Waals surface area contributed by atoms with Crippen LogP contribution in [0.5, 0.6) is 0 Å². The predicted octanol–water partition coefficient (Wildman–Crippen LogP) is -0.0513. The van der Waals surface area contributed by atoms with E-state index in [0.717, 1.165) is 6.54 Å². The summed E-state index contributed by atoms with van der Waals surface area (Å²) in [6.07, 6.45) is 0. The summed E-state index contributed by atoms with van der Waals surface area (Å²) in [7, 11) is 1.76. The van der Waals surface area contributed by atoms with Crippen molar-refractivity contribution in [2.45, 2.75) is 13.8 Å². The predicted molar refractivity (Wildman–Crippen MR) is 57.6 cm³/mol. The molecule has 13 heavy (non-hydrogen) atoms. The van der Waals surface area contributed by atoms with Gasteiger partial charge in [-0.05, 0) is 26.1 Å². The highest BCUT2D eigenvalue weighted by Crippen LogP contribution is 1.81. The van der Waals surface area contributed by atoms with Crippen LogP contribution in [0.15, 0.2) is 0 Å². The van der Waals surface area contributed by atoms with Gasteiger partial charge in [-0.25, -0.2) is 0 Å². The zero-order valence-corrected chi connectivity index (χ0v) is 9.20. The third kappa shape index (κ3) is 5.41. The van der Waals surface area contributed by atoms with Gasteiger partial charge in [0.05, 0.1) is 6.54 Å². The van der Waals surface area contributed by atoms with Crippen molar-refractivity contribution in [2.75, 3.05) is 26.7 Å². The van der Waals surface area contributed by atoms with Crippen molar-refractivity contribution in [1.29, 1.82) is 0 Å². The molecule has 0 radical (unpaired) electrons. The molecular formula is C8H17N3OS.